The first-order chi connectivity index (χ1) is 9.24. The van der Waals surface area contributed by atoms with E-state index in [4.69, 9.17) is 5.73 Å². The minimum Gasteiger partial charge on any atom is -0.349 e. The molecule has 2 aliphatic carbocycles. The third kappa shape index (κ3) is 4.56. The van der Waals surface area contributed by atoms with Crippen LogP contribution in [0.4, 0.5) is 0 Å². The minimum atomic E-state index is 0. The highest BCUT2D eigenvalue weighted by atomic mass is 35.5. The molecule has 0 aromatic carbocycles. The van der Waals surface area contributed by atoms with E-state index < -0.39 is 0 Å². The van der Waals surface area contributed by atoms with E-state index in [0.717, 1.165) is 25.1 Å². The largest absolute Gasteiger partial charge is 0.349 e. The molecule has 6 nitrogen and oxygen atoms in total. The first kappa shape index (κ1) is 18.2. The van der Waals surface area contributed by atoms with Crippen molar-refractivity contribution in [3.63, 3.8) is 0 Å². The van der Waals surface area contributed by atoms with E-state index in [0.29, 0.717) is 24.9 Å². The van der Waals surface area contributed by atoms with Gasteiger partial charge in [-0.3, -0.25) is 4.79 Å². The molecule has 2 fully saturated rings. The van der Waals surface area contributed by atoms with Gasteiger partial charge in [-0.25, -0.2) is 0 Å². The van der Waals surface area contributed by atoms with Gasteiger partial charge in [-0.15, -0.1) is 35.0 Å². The van der Waals surface area contributed by atoms with E-state index >= 15 is 0 Å². The number of halogens is 2. The Balaban J connectivity index is 0.00000110. The normalized spacial score (nSPS) is 24.0. The monoisotopic (exact) mass is 335 g/mol. The van der Waals surface area contributed by atoms with E-state index in [9.17, 15) is 4.79 Å². The van der Waals surface area contributed by atoms with E-state index in [1.807, 2.05) is 0 Å². The molecular formula is C13H23Cl2N5O. The average Bonchev–Trinajstić information content (AvgIpc) is 3.00. The summed E-state index contributed by atoms with van der Waals surface area (Å²) in [5.41, 5.74) is 5.98. The smallest absolute Gasteiger partial charge is 0.220 e. The van der Waals surface area contributed by atoms with Gasteiger partial charge in [0.25, 0.3) is 0 Å². The van der Waals surface area contributed by atoms with Crippen LogP contribution in [0.3, 0.4) is 0 Å². The first-order valence-corrected chi connectivity index (χ1v) is 7.14. The molecule has 120 valence electrons. The number of nitrogens with two attached hydrogens (primary N) is 1. The summed E-state index contributed by atoms with van der Waals surface area (Å²) in [4.78, 5) is 11.9. The molecule has 2 aliphatic rings. The van der Waals surface area contributed by atoms with Crippen molar-refractivity contribution >= 4 is 30.7 Å². The van der Waals surface area contributed by atoms with Crippen molar-refractivity contribution in [3.05, 3.63) is 12.2 Å². The Bertz CT molecular complexity index is 463. The SMILES string of the molecule is Cl.Cl.N[C@@H]1CCC[C@H]1CC(=O)NCc1nncn1C1CC1. The van der Waals surface area contributed by atoms with Gasteiger partial charge < -0.3 is 15.6 Å². The van der Waals surface area contributed by atoms with Crippen LogP contribution in [-0.2, 0) is 11.3 Å². The zero-order valence-corrected chi connectivity index (χ0v) is 13.5. The molecule has 1 aromatic heterocycles. The Kier molecular flexibility index (Phi) is 6.90. The van der Waals surface area contributed by atoms with Crippen LogP contribution in [0.2, 0.25) is 0 Å². The lowest BCUT2D eigenvalue weighted by molar-refractivity contribution is -0.122. The Morgan fingerprint density at radius 2 is 2.10 bits per heavy atom. The molecular weight excluding hydrogens is 313 g/mol. The lowest BCUT2D eigenvalue weighted by Crippen LogP contribution is -2.31. The van der Waals surface area contributed by atoms with Crippen molar-refractivity contribution in [2.75, 3.05) is 0 Å². The number of carbonyl (C=O) groups excluding carboxylic acids is 1. The third-order valence-electron chi connectivity index (χ3n) is 4.20. The van der Waals surface area contributed by atoms with Gasteiger partial charge in [-0.05, 0) is 31.6 Å². The van der Waals surface area contributed by atoms with Crippen LogP contribution in [-0.4, -0.2) is 26.7 Å². The molecule has 0 radical (unpaired) electrons. The molecule has 1 amide bonds. The van der Waals surface area contributed by atoms with E-state index in [1.54, 1.807) is 6.33 Å². The fourth-order valence-corrected chi connectivity index (χ4v) is 2.86. The van der Waals surface area contributed by atoms with Crippen molar-refractivity contribution in [2.24, 2.45) is 11.7 Å². The van der Waals surface area contributed by atoms with Gasteiger partial charge >= 0.3 is 0 Å². The van der Waals surface area contributed by atoms with Gasteiger partial charge in [-0.1, -0.05) is 6.42 Å². The van der Waals surface area contributed by atoms with Crippen LogP contribution < -0.4 is 11.1 Å². The molecule has 2 atom stereocenters. The second-order valence-electron chi connectivity index (χ2n) is 5.72. The molecule has 0 saturated heterocycles. The Hall–Kier alpha value is -0.850. The van der Waals surface area contributed by atoms with Crippen LogP contribution in [0.1, 0.15) is 50.4 Å². The highest BCUT2D eigenvalue weighted by Crippen LogP contribution is 2.35. The number of nitrogens with one attached hydrogen (secondary N) is 1. The number of aromatic nitrogens is 3. The van der Waals surface area contributed by atoms with Crippen molar-refractivity contribution in [3.8, 4) is 0 Å². The first-order valence-electron chi connectivity index (χ1n) is 7.14. The summed E-state index contributed by atoms with van der Waals surface area (Å²) < 4.78 is 2.07. The molecule has 0 spiro atoms. The summed E-state index contributed by atoms with van der Waals surface area (Å²) in [6.45, 7) is 0.470. The van der Waals surface area contributed by atoms with Crippen molar-refractivity contribution in [2.45, 2.75) is 57.2 Å². The molecule has 0 unspecified atom stereocenters. The summed E-state index contributed by atoms with van der Waals surface area (Å²) in [6, 6.07) is 0.742. The maximum Gasteiger partial charge on any atom is 0.220 e. The fourth-order valence-electron chi connectivity index (χ4n) is 2.86. The zero-order valence-electron chi connectivity index (χ0n) is 11.9. The molecule has 0 aliphatic heterocycles. The van der Waals surface area contributed by atoms with Gasteiger partial charge in [0.1, 0.15) is 6.33 Å². The fraction of sp³-hybridized carbons (Fsp3) is 0.769. The van der Waals surface area contributed by atoms with Gasteiger partial charge in [-0.2, -0.15) is 0 Å². The summed E-state index contributed by atoms with van der Waals surface area (Å²) in [5.74, 6) is 1.28. The maximum atomic E-state index is 11.9. The Morgan fingerprint density at radius 1 is 1.33 bits per heavy atom. The predicted octanol–water partition coefficient (Wildman–Crippen LogP) is 1.59. The maximum absolute atomic E-state index is 11.9. The van der Waals surface area contributed by atoms with E-state index in [-0.39, 0.29) is 36.8 Å². The van der Waals surface area contributed by atoms with Gasteiger partial charge in [0, 0.05) is 18.5 Å². The quantitative estimate of drug-likeness (QED) is 0.855. The number of carbonyl (C=O) groups is 1. The number of rotatable bonds is 5. The standard InChI is InChI=1S/C13H21N5O.2ClH/c14-11-3-1-2-9(11)6-13(19)15-7-12-17-16-8-18(12)10-4-5-10;;/h8-11H,1-7,14H2,(H,15,19);2*1H/t9-,11+;;/m0../s1. The minimum absolute atomic E-state index is 0. The molecule has 1 aromatic rings. The summed E-state index contributed by atoms with van der Waals surface area (Å²) in [7, 11) is 0. The molecule has 1 heterocycles. The average molecular weight is 336 g/mol. The molecule has 21 heavy (non-hydrogen) atoms. The molecule has 3 N–H and O–H groups in total. The number of hydrogen-bond donors (Lipinski definition) is 2. The highest BCUT2D eigenvalue weighted by Gasteiger charge is 2.27. The topological polar surface area (TPSA) is 85.8 Å². The second kappa shape index (κ2) is 7.96. The lowest BCUT2D eigenvalue weighted by Gasteiger charge is -2.14. The lowest BCUT2D eigenvalue weighted by atomic mass is 10.00. The molecule has 0 bridgehead atoms. The summed E-state index contributed by atoms with van der Waals surface area (Å²) >= 11 is 0. The van der Waals surface area contributed by atoms with Crippen molar-refractivity contribution in [1.82, 2.24) is 20.1 Å². The van der Waals surface area contributed by atoms with Gasteiger partial charge in [0.05, 0.1) is 6.54 Å². The van der Waals surface area contributed by atoms with Gasteiger partial charge in [0.15, 0.2) is 5.82 Å². The number of nitrogens with zero attached hydrogens (tertiary/aromatic N) is 3. The van der Waals surface area contributed by atoms with E-state index in [2.05, 4.69) is 20.1 Å². The van der Waals surface area contributed by atoms with Crippen LogP contribution in [0.5, 0.6) is 0 Å². The molecule has 3 rings (SSSR count). The van der Waals surface area contributed by atoms with Crippen LogP contribution in [0.25, 0.3) is 0 Å². The third-order valence-corrected chi connectivity index (χ3v) is 4.20. The Labute approximate surface area is 137 Å². The van der Waals surface area contributed by atoms with Crippen molar-refractivity contribution < 1.29 is 4.79 Å². The predicted molar refractivity (Wildman–Crippen MR) is 84.6 cm³/mol. The number of hydrogen-bond acceptors (Lipinski definition) is 4. The number of amides is 1. The summed E-state index contributed by atoms with van der Waals surface area (Å²) in [5, 5.41) is 10.9. The van der Waals surface area contributed by atoms with Crippen LogP contribution in [0.15, 0.2) is 6.33 Å². The van der Waals surface area contributed by atoms with Crippen LogP contribution >= 0.6 is 24.8 Å². The summed E-state index contributed by atoms with van der Waals surface area (Å²) in [6.07, 6.45) is 7.95. The second-order valence-corrected chi connectivity index (χ2v) is 5.72. The zero-order chi connectivity index (χ0) is 13.2. The molecule has 8 heteroatoms. The molecule has 2 saturated carbocycles. The van der Waals surface area contributed by atoms with Crippen molar-refractivity contribution in [1.29, 1.82) is 0 Å². The Morgan fingerprint density at radius 3 is 2.71 bits per heavy atom. The van der Waals surface area contributed by atoms with Gasteiger partial charge in [0.2, 0.25) is 5.91 Å². The van der Waals surface area contributed by atoms with Crippen LogP contribution in [0, 0.1) is 5.92 Å². The van der Waals surface area contributed by atoms with E-state index in [1.165, 1.54) is 12.8 Å². The highest BCUT2D eigenvalue weighted by molar-refractivity contribution is 5.85.